The average Bonchev–Trinajstić information content (AvgIpc) is 2.61. The van der Waals surface area contributed by atoms with Crippen LogP contribution in [0, 0.1) is 0 Å². The van der Waals surface area contributed by atoms with Crippen molar-refractivity contribution in [3.8, 4) is 0 Å². The van der Waals surface area contributed by atoms with Crippen LogP contribution < -0.4 is 5.32 Å². The molecule has 142 valence electrons. The molecule has 2 amide bonds. The molecule has 1 heterocycles. The lowest BCUT2D eigenvalue weighted by molar-refractivity contribution is -0.157. The lowest BCUT2D eigenvalue weighted by Crippen LogP contribution is -2.67. The molecular formula is C20H19Cl3N2O2. The molecule has 0 radical (unpaired) electrons. The highest BCUT2D eigenvalue weighted by atomic mass is 35.5. The Labute approximate surface area is 173 Å². The molecule has 0 bridgehead atoms. The molecule has 0 saturated carbocycles. The SMILES string of the molecule is CC1(C(=O)NCc2ccc(Cl)cc2)CCN1C(=O)Cc1ccc(Cl)cc1Cl. The van der Waals surface area contributed by atoms with E-state index in [4.69, 9.17) is 34.8 Å². The van der Waals surface area contributed by atoms with Gasteiger partial charge in [0.25, 0.3) is 0 Å². The quantitative estimate of drug-likeness (QED) is 0.767. The minimum absolute atomic E-state index is 0.130. The van der Waals surface area contributed by atoms with Gasteiger partial charge in [0.2, 0.25) is 11.8 Å². The fraction of sp³-hybridized carbons (Fsp3) is 0.300. The van der Waals surface area contributed by atoms with Gasteiger partial charge in [-0.1, -0.05) is 53.0 Å². The van der Waals surface area contributed by atoms with Crippen LogP contribution in [0.1, 0.15) is 24.5 Å². The molecule has 7 heteroatoms. The van der Waals surface area contributed by atoms with E-state index in [0.717, 1.165) is 5.56 Å². The van der Waals surface area contributed by atoms with Crippen LogP contribution in [0.25, 0.3) is 0 Å². The largest absolute Gasteiger partial charge is 0.350 e. The number of hydrogen-bond donors (Lipinski definition) is 1. The normalized spacial score (nSPS) is 18.7. The summed E-state index contributed by atoms with van der Waals surface area (Å²) < 4.78 is 0. The first kappa shape index (κ1) is 20.0. The minimum atomic E-state index is -0.845. The molecule has 1 N–H and O–H groups in total. The van der Waals surface area contributed by atoms with Crippen molar-refractivity contribution >= 4 is 46.6 Å². The number of nitrogens with zero attached hydrogens (tertiary/aromatic N) is 1. The van der Waals surface area contributed by atoms with Gasteiger partial charge in [-0.2, -0.15) is 0 Å². The van der Waals surface area contributed by atoms with Gasteiger partial charge in [0, 0.05) is 28.2 Å². The van der Waals surface area contributed by atoms with E-state index >= 15 is 0 Å². The number of carbonyl (C=O) groups is 2. The summed E-state index contributed by atoms with van der Waals surface area (Å²) in [6.45, 7) is 2.72. The van der Waals surface area contributed by atoms with Gasteiger partial charge in [0.15, 0.2) is 0 Å². The predicted octanol–water partition coefficient (Wildman–Crippen LogP) is 4.50. The second-order valence-corrected chi connectivity index (χ2v) is 8.07. The van der Waals surface area contributed by atoms with Gasteiger partial charge < -0.3 is 10.2 Å². The molecule has 1 aliphatic rings. The lowest BCUT2D eigenvalue weighted by Gasteiger charge is -2.49. The van der Waals surface area contributed by atoms with Crippen LogP contribution in [0.5, 0.6) is 0 Å². The molecule has 1 unspecified atom stereocenters. The minimum Gasteiger partial charge on any atom is -0.350 e. The Bertz CT molecular complexity index is 870. The maximum absolute atomic E-state index is 12.7. The second kappa shape index (κ2) is 8.09. The monoisotopic (exact) mass is 424 g/mol. The summed E-state index contributed by atoms with van der Waals surface area (Å²) in [4.78, 5) is 27.0. The molecule has 2 aromatic rings. The summed E-state index contributed by atoms with van der Waals surface area (Å²) in [5, 5.41) is 4.53. The fourth-order valence-corrected chi connectivity index (χ4v) is 3.69. The number of hydrogen-bond acceptors (Lipinski definition) is 2. The third-order valence-corrected chi connectivity index (χ3v) is 5.77. The summed E-state index contributed by atoms with van der Waals surface area (Å²) in [5.41, 5.74) is 0.797. The maximum Gasteiger partial charge on any atom is 0.246 e. The van der Waals surface area contributed by atoms with Crippen LogP contribution in [-0.2, 0) is 22.6 Å². The van der Waals surface area contributed by atoms with Crippen LogP contribution in [0.15, 0.2) is 42.5 Å². The molecule has 1 atom stereocenters. The topological polar surface area (TPSA) is 49.4 Å². The summed E-state index contributed by atoms with van der Waals surface area (Å²) >= 11 is 17.9. The van der Waals surface area contributed by atoms with E-state index in [9.17, 15) is 9.59 Å². The van der Waals surface area contributed by atoms with Crippen molar-refractivity contribution in [2.24, 2.45) is 0 Å². The molecule has 0 aromatic heterocycles. The van der Waals surface area contributed by atoms with Crippen LogP contribution in [0.3, 0.4) is 0 Å². The first-order chi connectivity index (χ1) is 12.8. The molecule has 1 aliphatic heterocycles. The lowest BCUT2D eigenvalue weighted by atomic mass is 9.84. The van der Waals surface area contributed by atoms with Crippen LogP contribution in [-0.4, -0.2) is 28.8 Å². The molecule has 0 aliphatic carbocycles. The van der Waals surface area contributed by atoms with E-state index in [-0.39, 0.29) is 18.2 Å². The smallest absolute Gasteiger partial charge is 0.246 e. The Balaban J connectivity index is 1.62. The zero-order valence-electron chi connectivity index (χ0n) is 14.8. The third kappa shape index (κ3) is 4.40. The number of amides is 2. The molecule has 1 saturated heterocycles. The van der Waals surface area contributed by atoms with Crippen molar-refractivity contribution in [3.05, 3.63) is 68.7 Å². The second-order valence-electron chi connectivity index (χ2n) is 6.79. The van der Waals surface area contributed by atoms with Crippen LogP contribution >= 0.6 is 34.8 Å². The van der Waals surface area contributed by atoms with E-state index in [1.54, 1.807) is 42.2 Å². The Morgan fingerprint density at radius 1 is 1.07 bits per heavy atom. The molecule has 27 heavy (non-hydrogen) atoms. The van der Waals surface area contributed by atoms with E-state index in [1.165, 1.54) is 0 Å². The van der Waals surface area contributed by atoms with Crippen LogP contribution in [0.2, 0.25) is 15.1 Å². The fourth-order valence-electron chi connectivity index (χ4n) is 3.09. The molecule has 1 fully saturated rings. The summed E-state index contributed by atoms with van der Waals surface area (Å²) in [7, 11) is 0. The summed E-state index contributed by atoms with van der Waals surface area (Å²) in [5.74, 6) is -0.297. The Morgan fingerprint density at radius 3 is 2.33 bits per heavy atom. The van der Waals surface area contributed by atoms with Crippen molar-refractivity contribution in [1.82, 2.24) is 10.2 Å². The van der Waals surface area contributed by atoms with E-state index in [2.05, 4.69) is 5.32 Å². The maximum atomic E-state index is 12.7. The summed E-state index contributed by atoms with van der Waals surface area (Å²) in [6.07, 6.45) is 0.760. The van der Waals surface area contributed by atoms with Crippen molar-refractivity contribution in [1.29, 1.82) is 0 Å². The zero-order chi connectivity index (χ0) is 19.6. The highest BCUT2D eigenvalue weighted by Gasteiger charge is 2.49. The number of rotatable bonds is 5. The standard InChI is InChI=1S/C20H19Cl3N2O2/c1-20(19(27)24-12-13-2-5-15(21)6-3-13)8-9-25(20)18(26)10-14-4-7-16(22)11-17(14)23/h2-7,11H,8-10,12H2,1H3,(H,24,27). The molecular weight excluding hydrogens is 407 g/mol. The highest BCUT2D eigenvalue weighted by molar-refractivity contribution is 6.35. The zero-order valence-corrected chi connectivity index (χ0v) is 17.0. The van der Waals surface area contributed by atoms with Gasteiger partial charge >= 0.3 is 0 Å². The summed E-state index contributed by atoms with van der Waals surface area (Å²) in [6, 6.07) is 12.3. The van der Waals surface area contributed by atoms with Gasteiger partial charge in [0.1, 0.15) is 5.54 Å². The molecule has 2 aromatic carbocycles. The molecule has 0 spiro atoms. The number of carbonyl (C=O) groups excluding carboxylic acids is 2. The van der Waals surface area contributed by atoms with Gasteiger partial charge in [0.05, 0.1) is 6.42 Å². The predicted molar refractivity (Wildman–Crippen MR) is 108 cm³/mol. The van der Waals surface area contributed by atoms with Gasteiger partial charge in [-0.15, -0.1) is 0 Å². The van der Waals surface area contributed by atoms with Crippen LogP contribution in [0.4, 0.5) is 0 Å². The number of likely N-dealkylation sites (tertiary alicyclic amines) is 1. The molecule has 3 rings (SSSR count). The third-order valence-electron chi connectivity index (χ3n) is 4.93. The van der Waals surface area contributed by atoms with E-state index < -0.39 is 5.54 Å². The van der Waals surface area contributed by atoms with Gasteiger partial charge in [-0.25, -0.2) is 0 Å². The van der Waals surface area contributed by atoms with Gasteiger partial charge in [-0.05, 0) is 48.7 Å². The Kier molecular flexibility index (Phi) is 5.99. The Morgan fingerprint density at radius 2 is 1.74 bits per heavy atom. The van der Waals surface area contributed by atoms with Crippen molar-refractivity contribution in [2.75, 3.05) is 6.54 Å². The first-order valence-corrected chi connectivity index (χ1v) is 9.70. The Hall–Kier alpha value is -1.75. The van der Waals surface area contributed by atoms with Crippen molar-refractivity contribution < 1.29 is 9.59 Å². The number of benzene rings is 2. The van der Waals surface area contributed by atoms with Crippen molar-refractivity contribution in [2.45, 2.75) is 31.8 Å². The van der Waals surface area contributed by atoms with E-state index in [1.807, 2.05) is 12.1 Å². The number of nitrogens with one attached hydrogen (secondary N) is 1. The number of halogens is 3. The first-order valence-electron chi connectivity index (χ1n) is 8.57. The van der Waals surface area contributed by atoms with Crippen molar-refractivity contribution in [3.63, 3.8) is 0 Å². The van der Waals surface area contributed by atoms with E-state index in [0.29, 0.717) is 40.1 Å². The van der Waals surface area contributed by atoms with Gasteiger partial charge in [-0.3, -0.25) is 9.59 Å². The molecule has 4 nitrogen and oxygen atoms in total. The highest BCUT2D eigenvalue weighted by Crippen LogP contribution is 2.32. The average molecular weight is 426 g/mol.